The lowest BCUT2D eigenvalue weighted by atomic mass is 9.58. The Labute approximate surface area is 202 Å². The molecular weight excluding hydrogens is 426 g/mol. The number of hydrogen-bond acceptors (Lipinski definition) is 5. The van der Waals surface area contributed by atoms with E-state index in [9.17, 15) is 15.0 Å². The molecule has 3 N–H and O–H groups in total. The number of rotatable bonds is 9. The topological polar surface area (TPSA) is 78.8 Å². The average Bonchev–Trinajstić information content (AvgIpc) is 3.24. The van der Waals surface area contributed by atoms with E-state index in [1.165, 1.54) is 0 Å². The van der Waals surface area contributed by atoms with Crippen molar-refractivity contribution < 1.29 is 19.7 Å². The minimum Gasteiger partial charge on any atom is -0.508 e. The number of hydrogen-bond donors (Lipinski definition) is 3. The molecule has 2 aliphatic carbocycles. The van der Waals surface area contributed by atoms with E-state index >= 15 is 0 Å². The Balaban J connectivity index is 1.57. The molecule has 0 unspecified atom stereocenters. The number of phenols is 1. The first-order valence-electron chi connectivity index (χ1n) is 12.1. The van der Waals surface area contributed by atoms with Crippen LogP contribution in [0, 0.1) is 22.7 Å². The van der Waals surface area contributed by atoms with Crippen LogP contribution in [0.25, 0.3) is 11.1 Å². The van der Waals surface area contributed by atoms with Crippen LogP contribution < -0.4 is 5.32 Å². The van der Waals surface area contributed by atoms with Gasteiger partial charge in [0, 0.05) is 38.0 Å². The number of nitrogens with one attached hydrogen (secondary N) is 1. The predicted octanol–water partition coefficient (Wildman–Crippen LogP) is 4.51. The first-order valence-corrected chi connectivity index (χ1v) is 12.1. The molecule has 182 valence electrons. The Hall–Kier alpha value is -2.47. The molecule has 4 atom stereocenters. The molecule has 34 heavy (non-hydrogen) atoms. The van der Waals surface area contributed by atoms with Gasteiger partial charge in [-0.05, 0) is 66.3 Å². The summed E-state index contributed by atoms with van der Waals surface area (Å²) in [5, 5.41) is 23.3. The number of ether oxygens (including phenoxy) is 1. The molecule has 2 aromatic carbocycles. The van der Waals surface area contributed by atoms with Crippen LogP contribution in [0.2, 0.25) is 0 Å². The minimum absolute atomic E-state index is 0.0230. The average molecular weight is 464 g/mol. The van der Waals surface area contributed by atoms with Crippen molar-refractivity contribution in [1.82, 2.24) is 5.32 Å². The Morgan fingerprint density at radius 1 is 1.18 bits per heavy atom. The number of aryl methyl sites for hydroxylation is 1. The molecule has 0 saturated heterocycles. The molecule has 2 saturated carbocycles. The van der Waals surface area contributed by atoms with E-state index in [0.29, 0.717) is 25.8 Å². The summed E-state index contributed by atoms with van der Waals surface area (Å²) in [6.45, 7) is 9.28. The van der Waals surface area contributed by atoms with Crippen molar-refractivity contribution in [1.29, 1.82) is 0 Å². The van der Waals surface area contributed by atoms with Crippen molar-refractivity contribution in [2.45, 2.75) is 45.8 Å². The fourth-order valence-electron chi connectivity index (χ4n) is 6.67. The van der Waals surface area contributed by atoms with Gasteiger partial charge in [-0.1, -0.05) is 50.3 Å². The second kappa shape index (κ2) is 9.29. The molecule has 5 heteroatoms. The molecule has 0 radical (unpaired) electrons. The van der Waals surface area contributed by atoms with Crippen LogP contribution in [0.15, 0.2) is 54.6 Å². The quantitative estimate of drug-likeness (QED) is 0.477. The molecule has 0 spiro atoms. The van der Waals surface area contributed by atoms with Crippen LogP contribution in [0.1, 0.15) is 37.8 Å². The van der Waals surface area contributed by atoms with Crippen molar-refractivity contribution in [3.63, 3.8) is 0 Å². The summed E-state index contributed by atoms with van der Waals surface area (Å²) >= 11 is 0. The lowest BCUT2D eigenvalue weighted by molar-refractivity contribution is -0.141. The van der Waals surface area contributed by atoms with Gasteiger partial charge < -0.3 is 20.3 Å². The zero-order valence-corrected chi connectivity index (χ0v) is 20.7. The molecule has 0 amide bonds. The van der Waals surface area contributed by atoms with E-state index in [-0.39, 0.29) is 41.5 Å². The van der Waals surface area contributed by atoms with Gasteiger partial charge in [0.1, 0.15) is 11.5 Å². The third-order valence-corrected chi connectivity index (χ3v) is 8.47. The van der Waals surface area contributed by atoms with Crippen LogP contribution in [0.3, 0.4) is 0 Å². The summed E-state index contributed by atoms with van der Waals surface area (Å²) in [5.41, 5.74) is 4.08. The molecule has 5 nitrogen and oxygen atoms in total. The van der Waals surface area contributed by atoms with Crippen LogP contribution in [0.5, 0.6) is 5.75 Å². The van der Waals surface area contributed by atoms with Crippen molar-refractivity contribution >= 4 is 5.78 Å². The number of methoxy groups -OCH3 is 1. The third-order valence-electron chi connectivity index (χ3n) is 8.47. The number of benzene rings is 2. The SMILES string of the molecule is C=C1[C@@H]2[C@H](CO)C[C@](C(=O)CCc3cccc(-c4cc(O)cc(CNC)c4)c3)([C@H]2OC)C1(C)C. The standard InChI is InChI=1S/C29H37NO4/c1-18-26-23(17-31)15-29(27(26)34-5,28(18,2)3)25(33)10-9-19-7-6-8-21(11-19)22-12-20(16-30-4)13-24(32)14-22/h6-8,11-14,23,26-27,30-32H,1,9-10,15-17H2,2-5H3/t23-,26+,27-,29-/m0/s1. The predicted molar refractivity (Wildman–Crippen MR) is 134 cm³/mol. The molecule has 2 fully saturated rings. The van der Waals surface area contributed by atoms with Gasteiger partial charge in [0.2, 0.25) is 0 Å². The maximum absolute atomic E-state index is 13.9. The van der Waals surface area contributed by atoms with E-state index in [1.54, 1.807) is 19.2 Å². The first kappa shape index (κ1) is 24.6. The number of fused-ring (bicyclic) bond motifs is 2. The molecule has 2 aromatic rings. The molecule has 0 heterocycles. The Bertz CT molecular complexity index is 1090. The number of ketones is 1. The first-order chi connectivity index (χ1) is 16.2. The Morgan fingerprint density at radius 3 is 2.59 bits per heavy atom. The number of phenolic OH excluding ortho intramolecular Hbond substituents is 1. The molecule has 4 rings (SSSR count). The van der Waals surface area contributed by atoms with E-state index in [2.05, 4.69) is 37.9 Å². The van der Waals surface area contributed by atoms with Gasteiger partial charge in [-0.15, -0.1) is 0 Å². The van der Waals surface area contributed by atoms with Crippen molar-refractivity contribution in [2.24, 2.45) is 22.7 Å². The number of carbonyl (C=O) groups is 1. The second-order valence-electron chi connectivity index (χ2n) is 10.5. The number of aliphatic hydroxyl groups excluding tert-OH is 1. The lowest BCUT2D eigenvalue weighted by Gasteiger charge is -2.44. The molecule has 0 aromatic heterocycles. The van der Waals surface area contributed by atoms with Crippen LogP contribution >= 0.6 is 0 Å². The fourth-order valence-corrected chi connectivity index (χ4v) is 6.67. The van der Waals surface area contributed by atoms with E-state index in [0.717, 1.165) is 27.8 Å². The number of aliphatic hydroxyl groups is 1. The number of aromatic hydroxyl groups is 1. The van der Waals surface area contributed by atoms with Crippen molar-refractivity contribution in [2.75, 3.05) is 20.8 Å². The highest BCUT2D eigenvalue weighted by Gasteiger charge is 2.71. The van der Waals surface area contributed by atoms with E-state index < -0.39 is 5.41 Å². The number of Topliss-reactive ketones (excluding diaryl/α,β-unsaturated/α-hetero) is 1. The summed E-state index contributed by atoms with van der Waals surface area (Å²) in [5.74, 6) is 0.485. The normalized spacial score (nSPS) is 27.3. The monoisotopic (exact) mass is 463 g/mol. The van der Waals surface area contributed by atoms with Gasteiger partial charge in [-0.25, -0.2) is 0 Å². The minimum atomic E-state index is -0.651. The molecular formula is C29H37NO4. The summed E-state index contributed by atoms with van der Waals surface area (Å²) in [7, 11) is 3.56. The summed E-state index contributed by atoms with van der Waals surface area (Å²) in [6.07, 6.45) is 1.46. The van der Waals surface area contributed by atoms with Gasteiger partial charge in [-0.3, -0.25) is 4.79 Å². The summed E-state index contributed by atoms with van der Waals surface area (Å²) in [4.78, 5) is 13.9. The highest BCUT2D eigenvalue weighted by molar-refractivity contribution is 5.89. The Morgan fingerprint density at radius 2 is 1.91 bits per heavy atom. The zero-order chi connectivity index (χ0) is 24.7. The van der Waals surface area contributed by atoms with Gasteiger partial charge in [0.15, 0.2) is 0 Å². The molecule has 2 aliphatic rings. The maximum Gasteiger partial charge on any atom is 0.142 e. The smallest absolute Gasteiger partial charge is 0.142 e. The van der Waals surface area contributed by atoms with Gasteiger partial charge in [0.25, 0.3) is 0 Å². The summed E-state index contributed by atoms with van der Waals surface area (Å²) < 4.78 is 5.91. The van der Waals surface area contributed by atoms with Gasteiger partial charge in [-0.2, -0.15) is 0 Å². The van der Waals surface area contributed by atoms with E-state index in [1.807, 2.05) is 25.2 Å². The lowest BCUT2D eigenvalue weighted by Crippen LogP contribution is -2.47. The highest BCUT2D eigenvalue weighted by atomic mass is 16.5. The fraction of sp³-hybridized carbons (Fsp3) is 0.483. The zero-order valence-electron chi connectivity index (χ0n) is 20.7. The van der Waals surface area contributed by atoms with Crippen LogP contribution in [-0.2, 0) is 22.5 Å². The molecule has 0 aliphatic heterocycles. The van der Waals surface area contributed by atoms with Crippen molar-refractivity contribution in [3.8, 4) is 16.9 Å². The summed E-state index contributed by atoms with van der Waals surface area (Å²) in [6, 6.07) is 13.8. The maximum atomic E-state index is 13.9. The highest BCUT2D eigenvalue weighted by Crippen LogP contribution is 2.69. The second-order valence-corrected chi connectivity index (χ2v) is 10.5. The van der Waals surface area contributed by atoms with Crippen LogP contribution in [0.4, 0.5) is 0 Å². The molecule has 2 bridgehead atoms. The van der Waals surface area contributed by atoms with Gasteiger partial charge in [0.05, 0.1) is 11.5 Å². The number of carbonyl (C=O) groups excluding carboxylic acids is 1. The third kappa shape index (κ3) is 3.80. The van der Waals surface area contributed by atoms with Crippen molar-refractivity contribution in [3.05, 3.63) is 65.7 Å². The largest absolute Gasteiger partial charge is 0.508 e. The van der Waals surface area contributed by atoms with Crippen LogP contribution in [-0.4, -0.2) is 42.9 Å². The Kier molecular flexibility index (Phi) is 6.74. The van der Waals surface area contributed by atoms with Gasteiger partial charge >= 0.3 is 0 Å². The van der Waals surface area contributed by atoms with E-state index in [4.69, 9.17) is 4.74 Å².